The Morgan fingerprint density at radius 1 is 0.970 bits per heavy atom. The molecule has 10 heteroatoms. The lowest BCUT2D eigenvalue weighted by Gasteiger charge is -2.29. The van der Waals surface area contributed by atoms with Crippen LogP contribution in [0.5, 0.6) is 5.75 Å². The number of benzene rings is 2. The topological polar surface area (TPSA) is 115 Å². The number of carbonyl (C=O) groups excluding carboxylic acids is 1. The number of carboxylic acid groups (broad SMARTS) is 1. The van der Waals surface area contributed by atoms with Crippen molar-refractivity contribution in [2.75, 3.05) is 57.6 Å². The van der Waals surface area contributed by atoms with Gasteiger partial charge in [0.1, 0.15) is 18.1 Å². The number of carbonyl (C=O) groups is 2. The number of aromatic nitrogens is 2. The number of nitrogens with zero attached hydrogens (tertiary/aromatic N) is 3. The molecule has 10 nitrogen and oxygen atoms in total. The summed E-state index contributed by atoms with van der Waals surface area (Å²) in [5, 5.41) is 17.5. The second-order valence-electron chi connectivity index (χ2n) is 7.81. The van der Waals surface area contributed by atoms with Gasteiger partial charge in [-0.3, -0.25) is 4.79 Å². The monoisotopic (exact) mass is 452 g/mol. The Hall–Kier alpha value is -3.63. The summed E-state index contributed by atoms with van der Waals surface area (Å²) in [4.78, 5) is 26.7. The Bertz CT molecular complexity index is 1200. The highest BCUT2D eigenvalue weighted by Gasteiger charge is 2.21. The average Bonchev–Trinajstić information content (AvgIpc) is 3.22. The maximum atomic E-state index is 12.6. The summed E-state index contributed by atoms with van der Waals surface area (Å²) in [6.07, 6.45) is -1.20. The van der Waals surface area contributed by atoms with Crippen LogP contribution in [0.15, 0.2) is 36.4 Å². The summed E-state index contributed by atoms with van der Waals surface area (Å²) in [7, 11) is 0. The fourth-order valence-electron chi connectivity index (χ4n) is 4.09. The number of hydrogen-bond acceptors (Lipinski definition) is 7. The molecule has 0 spiro atoms. The zero-order valence-corrected chi connectivity index (χ0v) is 18.0. The first-order valence-corrected chi connectivity index (χ1v) is 10.8. The predicted molar refractivity (Wildman–Crippen MR) is 120 cm³/mol. The van der Waals surface area contributed by atoms with Crippen LogP contribution in [0.1, 0.15) is 10.4 Å². The van der Waals surface area contributed by atoms with Crippen molar-refractivity contribution in [1.29, 1.82) is 0 Å². The Labute approximate surface area is 189 Å². The molecule has 1 saturated heterocycles. The molecule has 33 heavy (non-hydrogen) atoms. The molecular formula is C23H24N4O6. The summed E-state index contributed by atoms with van der Waals surface area (Å²) in [5.41, 5.74) is 2.92. The molecule has 3 heterocycles. The van der Waals surface area contributed by atoms with Crippen LogP contribution in [0, 0.1) is 0 Å². The van der Waals surface area contributed by atoms with Gasteiger partial charge < -0.3 is 29.5 Å². The van der Waals surface area contributed by atoms with Crippen LogP contribution in [-0.4, -0.2) is 79.6 Å². The van der Waals surface area contributed by atoms with Crippen molar-refractivity contribution in [2.24, 2.45) is 0 Å². The van der Waals surface area contributed by atoms with E-state index in [2.05, 4.69) is 15.3 Å². The van der Waals surface area contributed by atoms with Gasteiger partial charge in [-0.05, 0) is 30.3 Å². The molecule has 2 N–H and O–H groups in total. The number of fused-ring (bicyclic) bond motifs is 4. The largest absolute Gasteiger partial charge is 0.491 e. The fourth-order valence-corrected chi connectivity index (χ4v) is 4.09. The molecule has 0 unspecified atom stereocenters. The van der Waals surface area contributed by atoms with Crippen LogP contribution in [0.3, 0.4) is 0 Å². The molecule has 4 bridgehead atoms. The lowest BCUT2D eigenvalue weighted by molar-refractivity contribution is 0.0867. The van der Waals surface area contributed by atoms with E-state index < -0.39 is 6.09 Å². The van der Waals surface area contributed by atoms with Gasteiger partial charge in [-0.25, -0.2) is 4.79 Å². The number of rotatable bonds is 1. The van der Waals surface area contributed by atoms with Gasteiger partial charge in [0, 0.05) is 47.9 Å². The minimum Gasteiger partial charge on any atom is -0.491 e. The summed E-state index contributed by atoms with van der Waals surface area (Å²) in [5.74, 6) is 0.374. The zero-order valence-electron chi connectivity index (χ0n) is 18.0. The van der Waals surface area contributed by atoms with Crippen LogP contribution in [0.2, 0.25) is 0 Å². The van der Waals surface area contributed by atoms with Crippen LogP contribution in [0.25, 0.3) is 22.2 Å². The smallest absolute Gasteiger partial charge is 0.432 e. The Kier molecular flexibility index (Phi) is 5.84. The highest BCUT2D eigenvalue weighted by Crippen LogP contribution is 2.35. The van der Waals surface area contributed by atoms with E-state index >= 15 is 0 Å². The molecule has 0 radical (unpaired) electrons. The van der Waals surface area contributed by atoms with E-state index in [0.717, 1.165) is 23.5 Å². The first-order chi connectivity index (χ1) is 16.1. The van der Waals surface area contributed by atoms with Crippen molar-refractivity contribution >= 4 is 28.6 Å². The Morgan fingerprint density at radius 2 is 1.79 bits per heavy atom. The van der Waals surface area contributed by atoms with Crippen molar-refractivity contribution in [3.8, 4) is 17.0 Å². The van der Waals surface area contributed by atoms with Gasteiger partial charge >= 0.3 is 6.09 Å². The van der Waals surface area contributed by atoms with Gasteiger partial charge in [0.15, 0.2) is 0 Å². The van der Waals surface area contributed by atoms with E-state index in [0.29, 0.717) is 73.1 Å². The first kappa shape index (κ1) is 21.2. The molecule has 2 aliphatic rings. The number of anilines is 1. The summed E-state index contributed by atoms with van der Waals surface area (Å²) in [6.45, 7) is 4.16. The predicted octanol–water partition coefficient (Wildman–Crippen LogP) is 2.20. The van der Waals surface area contributed by atoms with E-state index in [4.69, 9.17) is 14.2 Å². The maximum absolute atomic E-state index is 12.6. The lowest BCUT2D eigenvalue weighted by atomic mass is 10.0. The van der Waals surface area contributed by atoms with Crippen molar-refractivity contribution in [1.82, 2.24) is 15.1 Å². The lowest BCUT2D eigenvalue weighted by Crippen LogP contribution is -2.36. The van der Waals surface area contributed by atoms with E-state index in [9.17, 15) is 14.7 Å². The fraction of sp³-hybridized carbons (Fsp3) is 0.348. The SMILES string of the molecule is O=C1NCCOCCOc2cc(cc(N3CCOCC3)c2)-c2nn(C(=O)O)c3ccc1cc23. The maximum Gasteiger partial charge on any atom is 0.432 e. The second kappa shape index (κ2) is 9.08. The zero-order chi connectivity index (χ0) is 22.8. The van der Waals surface area contributed by atoms with Gasteiger partial charge in [-0.2, -0.15) is 9.78 Å². The number of ether oxygens (including phenoxy) is 3. The van der Waals surface area contributed by atoms with Crippen molar-refractivity contribution in [3.05, 3.63) is 42.0 Å². The number of morpholine rings is 1. The molecule has 172 valence electrons. The van der Waals surface area contributed by atoms with E-state index in [1.807, 2.05) is 18.2 Å². The van der Waals surface area contributed by atoms with Crippen LogP contribution < -0.4 is 15.0 Å². The van der Waals surface area contributed by atoms with Crippen LogP contribution in [0.4, 0.5) is 10.5 Å². The molecule has 0 atom stereocenters. The van der Waals surface area contributed by atoms with E-state index in [1.54, 1.807) is 18.2 Å². The highest BCUT2D eigenvalue weighted by molar-refractivity contribution is 6.03. The summed E-state index contributed by atoms with van der Waals surface area (Å²) < 4.78 is 17.9. The minimum absolute atomic E-state index is 0.261. The van der Waals surface area contributed by atoms with Crippen molar-refractivity contribution in [2.45, 2.75) is 0 Å². The van der Waals surface area contributed by atoms with Crippen LogP contribution >= 0.6 is 0 Å². The van der Waals surface area contributed by atoms with Crippen molar-refractivity contribution < 1.29 is 28.9 Å². The van der Waals surface area contributed by atoms with Crippen LogP contribution in [-0.2, 0) is 9.47 Å². The quantitative estimate of drug-likeness (QED) is 0.578. The van der Waals surface area contributed by atoms with E-state index in [1.165, 1.54) is 0 Å². The molecular weight excluding hydrogens is 428 g/mol. The molecule has 2 aromatic carbocycles. The van der Waals surface area contributed by atoms with Gasteiger partial charge in [0.25, 0.3) is 5.91 Å². The number of nitrogens with one attached hydrogen (secondary N) is 1. The highest BCUT2D eigenvalue weighted by atomic mass is 16.5. The second-order valence-corrected chi connectivity index (χ2v) is 7.81. The number of amides is 1. The third kappa shape index (κ3) is 4.35. The standard InChI is InChI=1S/C23H24N4O6/c28-22-15-1-2-20-19(13-15)21(25-27(20)23(29)30)16-11-17(26-4-7-32-8-5-26)14-18(12-16)33-10-9-31-6-3-24-22/h1-2,11-14H,3-10H2,(H,24,28)(H,29,30). The molecule has 1 amide bonds. The third-order valence-electron chi connectivity index (χ3n) is 5.69. The molecule has 1 fully saturated rings. The normalized spacial score (nSPS) is 17.2. The Balaban J connectivity index is 1.69. The molecule has 0 aliphatic carbocycles. The number of hydrogen-bond donors (Lipinski definition) is 2. The molecule has 0 saturated carbocycles. The first-order valence-electron chi connectivity index (χ1n) is 10.8. The van der Waals surface area contributed by atoms with Crippen molar-refractivity contribution in [3.63, 3.8) is 0 Å². The molecule has 5 rings (SSSR count). The minimum atomic E-state index is -1.20. The molecule has 3 aromatic rings. The van der Waals surface area contributed by atoms with Gasteiger partial charge in [0.05, 0.1) is 31.9 Å². The third-order valence-corrected chi connectivity index (χ3v) is 5.69. The summed E-state index contributed by atoms with van der Waals surface area (Å²) in [6, 6.07) is 10.6. The van der Waals surface area contributed by atoms with Gasteiger partial charge in [-0.15, -0.1) is 0 Å². The molecule has 1 aromatic heterocycles. The van der Waals surface area contributed by atoms with E-state index in [-0.39, 0.29) is 5.91 Å². The average molecular weight is 452 g/mol. The van der Waals surface area contributed by atoms with Gasteiger partial charge in [0.2, 0.25) is 0 Å². The van der Waals surface area contributed by atoms with Gasteiger partial charge in [-0.1, -0.05) is 0 Å². The Morgan fingerprint density at radius 3 is 2.61 bits per heavy atom. The summed E-state index contributed by atoms with van der Waals surface area (Å²) >= 11 is 0. The molecule has 2 aliphatic heterocycles.